The molecule has 0 spiro atoms. The summed E-state index contributed by atoms with van der Waals surface area (Å²) in [6, 6.07) is 35.6. The molecule has 0 amide bonds. The topological polar surface area (TPSA) is 112 Å². The van der Waals surface area contributed by atoms with Crippen molar-refractivity contribution in [3.63, 3.8) is 0 Å². The number of nitrogens with one attached hydrogen (secondary N) is 2. The number of carbonyl (C=O) groups excluding carboxylic acids is 1. The highest BCUT2D eigenvalue weighted by Gasteiger charge is 2.19. The smallest absolute Gasteiger partial charge is 0.221 e. The molecule has 0 bridgehead atoms. The fourth-order valence-electron chi connectivity index (χ4n) is 5.21. The normalized spacial score (nSPS) is 15.2. The standard InChI is InChI=1S/C20H25ClN2O.C10H10Cl2O2.C10H16N2/c21-18-8-10-19(11-9-18)24-12-4-7-20-22-14-17(15-23-20)13-16-5-2-1-3-6-16;11-8-3-5-9(6-4-8)14-7-1-2-10(12)13;11-7-10(8-12)6-9-4-2-1-3-5-9/h1-3,5-6,8-11,17,20,22-23H,4,7,12-15H2;3-6H,1-2,7H2;1-5,10H,6-8,11-12H2. The number of ether oxygens (including phenoxy) is 2. The summed E-state index contributed by atoms with van der Waals surface area (Å²) in [6.07, 6.45) is 5.59. The molecule has 0 aliphatic carbocycles. The summed E-state index contributed by atoms with van der Waals surface area (Å²) in [5, 5.41) is 8.31. The van der Waals surface area contributed by atoms with Gasteiger partial charge in [0.05, 0.1) is 19.4 Å². The van der Waals surface area contributed by atoms with E-state index in [9.17, 15) is 4.79 Å². The summed E-state index contributed by atoms with van der Waals surface area (Å²) in [7, 11) is 0. The lowest BCUT2D eigenvalue weighted by molar-refractivity contribution is -0.111. The average Bonchev–Trinajstić information content (AvgIpc) is 3.14. The van der Waals surface area contributed by atoms with Crippen LogP contribution in [0.4, 0.5) is 0 Å². The lowest BCUT2D eigenvalue weighted by Gasteiger charge is -2.31. The van der Waals surface area contributed by atoms with Crippen LogP contribution in [0.1, 0.15) is 36.8 Å². The highest BCUT2D eigenvalue weighted by Crippen LogP contribution is 2.17. The van der Waals surface area contributed by atoms with Crippen LogP contribution in [0.5, 0.6) is 11.5 Å². The molecule has 4 aromatic carbocycles. The quantitative estimate of drug-likeness (QED) is 0.0683. The molecule has 1 aliphatic rings. The van der Waals surface area contributed by atoms with Crippen molar-refractivity contribution in [3.8, 4) is 11.5 Å². The zero-order valence-electron chi connectivity index (χ0n) is 28.6. The highest BCUT2D eigenvalue weighted by atomic mass is 35.5. The van der Waals surface area contributed by atoms with Crippen molar-refractivity contribution in [2.45, 2.75) is 44.7 Å². The molecule has 5 rings (SSSR count). The van der Waals surface area contributed by atoms with Crippen LogP contribution in [-0.2, 0) is 17.6 Å². The maximum atomic E-state index is 10.4. The summed E-state index contributed by atoms with van der Waals surface area (Å²) in [5.41, 5.74) is 13.8. The van der Waals surface area contributed by atoms with Gasteiger partial charge in [-0.15, -0.1) is 0 Å². The number of halogens is 3. The van der Waals surface area contributed by atoms with Crippen molar-refractivity contribution in [3.05, 3.63) is 130 Å². The monoisotopic (exact) mass is 740 g/mol. The Morgan fingerprint density at radius 2 is 1.18 bits per heavy atom. The van der Waals surface area contributed by atoms with Gasteiger partial charge in [0.2, 0.25) is 5.24 Å². The molecule has 1 fully saturated rings. The van der Waals surface area contributed by atoms with Crippen LogP contribution in [-0.4, -0.2) is 50.8 Å². The van der Waals surface area contributed by atoms with Gasteiger partial charge < -0.3 is 31.6 Å². The summed E-state index contributed by atoms with van der Waals surface area (Å²) < 4.78 is 11.1. The van der Waals surface area contributed by atoms with Gasteiger partial charge in [0.1, 0.15) is 11.5 Å². The van der Waals surface area contributed by atoms with Gasteiger partial charge >= 0.3 is 0 Å². The van der Waals surface area contributed by atoms with Crippen LogP contribution in [0.25, 0.3) is 0 Å². The largest absolute Gasteiger partial charge is 0.494 e. The Hall–Kier alpha value is -3.14. The molecule has 50 heavy (non-hydrogen) atoms. The van der Waals surface area contributed by atoms with Crippen molar-refractivity contribution in [2.75, 3.05) is 39.4 Å². The van der Waals surface area contributed by atoms with E-state index in [0.29, 0.717) is 55.6 Å². The molecule has 0 aromatic heterocycles. The lowest BCUT2D eigenvalue weighted by atomic mass is 9.97. The number of hydrogen-bond acceptors (Lipinski definition) is 7. The molecule has 0 atom stereocenters. The van der Waals surface area contributed by atoms with Gasteiger partial charge in [-0.2, -0.15) is 0 Å². The van der Waals surface area contributed by atoms with Crippen LogP contribution >= 0.6 is 34.8 Å². The van der Waals surface area contributed by atoms with Gasteiger partial charge in [0.15, 0.2) is 0 Å². The van der Waals surface area contributed by atoms with Crippen molar-refractivity contribution in [1.82, 2.24) is 10.6 Å². The first-order chi connectivity index (χ1) is 24.3. The van der Waals surface area contributed by atoms with E-state index in [0.717, 1.165) is 61.9 Å². The first kappa shape index (κ1) is 41.3. The van der Waals surface area contributed by atoms with Crippen molar-refractivity contribution < 1.29 is 14.3 Å². The number of rotatable bonds is 16. The third-order valence-corrected chi connectivity index (χ3v) is 8.72. The molecule has 1 saturated heterocycles. The fourth-order valence-corrected chi connectivity index (χ4v) is 5.59. The van der Waals surface area contributed by atoms with Gasteiger partial charge in [0, 0.05) is 29.6 Å². The van der Waals surface area contributed by atoms with Crippen LogP contribution in [0.2, 0.25) is 10.0 Å². The predicted molar refractivity (Wildman–Crippen MR) is 208 cm³/mol. The van der Waals surface area contributed by atoms with Crippen LogP contribution in [0.3, 0.4) is 0 Å². The van der Waals surface area contributed by atoms with E-state index in [1.807, 2.05) is 42.5 Å². The Morgan fingerprint density at radius 3 is 1.66 bits per heavy atom. The average molecular weight is 742 g/mol. The predicted octanol–water partition coefficient (Wildman–Crippen LogP) is 7.90. The number of carbonyl (C=O) groups is 1. The Balaban J connectivity index is 0.000000222. The van der Waals surface area contributed by atoms with Crippen LogP contribution in [0, 0.1) is 11.8 Å². The van der Waals surface area contributed by atoms with E-state index < -0.39 is 0 Å². The number of hydrogen-bond donors (Lipinski definition) is 4. The van der Waals surface area contributed by atoms with E-state index >= 15 is 0 Å². The van der Waals surface area contributed by atoms with Crippen molar-refractivity contribution in [2.24, 2.45) is 23.3 Å². The minimum atomic E-state index is -0.329. The van der Waals surface area contributed by atoms with Crippen LogP contribution in [0.15, 0.2) is 109 Å². The Morgan fingerprint density at radius 1 is 0.700 bits per heavy atom. The van der Waals surface area contributed by atoms with Crippen molar-refractivity contribution in [1.29, 1.82) is 0 Å². The number of benzene rings is 4. The molecule has 6 N–H and O–H groups in total. The second-order valence-corrected chi connectivity index (χ2v) is 13.5. The third kappa shape index (κ3) is 18.2. The maximum absolute atomic E-state index is 10.4. The molecule has 270 valence electrons. The van der Waals surface area contributed by atoms with E-state index in [1.54, 1.807) is 24.3 Å². The Bertz CT molecular complexity index is 1440. The molecule has 10 heteroatoms. The lowest BCUT2D eigenvalue weighted by Crippen LogP contribution is -2.53. The molecule has 4 aromatic rings. The fraction of sp³-hybridized carbons (Fsp3) is 0.375. The minimum Gasteiger partial charge on any atom is -0.494 e. The molecule has 1 heterocycles. The second kappa shape index (κ2) is 24.9. The SMILES string of the molecule is Clc1ccc(OCCCC2NCC(Cc3ccccc3)CN2)cc1.NCC(CN)Cc1ccccc1.O=C(Cl)CCCOc1ccc(Cl)cc1. The van der Waals surface area contributed by atoms with Crippen molar-refractivity contribution >= 4 is 40.0 Å². The molecule has 7 nitrogen and oxygen atoms in total. The zero-order chi connectivity index (χ0) is 35.8. The molecular weight excluding hydrogens is 691 g/mol. The maximum Gasteiger partial charge on any atom is 0.221 e. The third-order valence-electron chi connectivity index (χ3n) is 8.03. The summed E-state index contributed by atoms with van der Waals surface area (Å²) >= 11 is 16.7. The summed E-state index contributed by atoms with van der Waals surface area (Å²) in [5.74, 6) is 2.71. The van der Waals surface area contributed by atoms with E-state index in [-0.39, 0.29) is 5.24 Å². The van der Waals surface area contributed by atoms with E-state index in [2.05, 4.69) is 53.1 Å². The molecule has 0 radical (unpaired) electrons. The summed E-state index contributed by atoms with van der Waals surface area (Å²) in [6.45, 7) is 4.71. The van der Waals surface area contributed by atoms with Crippen LogP contribution < -0.4 is 31.6 Å². The minimum absolute atomic E-state index is 0.329. The van der Waals surface area contributed by atoms with Gasteiger partial charge in [-0.3, -0.25) is 4.79 Å². The molecule has 1 aliphatic heterocycles. The van der Waals surface area contributed by atoms with E-state index in [4.69, 9.17) is 55.7 Å². The Kier molecular flexibility index (Phi) is 20.6. The van der Waals surface area contributed by atoms with Gasteiger partial charge in [-0.05, 0) is 128 Å². The van der Waals surface area contributed by atoms with Gasteiger partial charge in [-0.25, -0.2) is 0 Å². The molecule has 0 saturated carbocycles. The van der Waals surface area contributed by atoms with E-state index in [1.165, 1.54) is 11.1 Å². The molecule has 0 unspecified atom stereocenters. The van der Waals surface area contributed by atoms with Gasteiger partial charge in [0.25, 0.3) is 0 Å². The zero-order valence-corrected chi connectivity index (χ0v) is 30.9. The summed E-state index contributed by atoms with van der Waals surface area (Å²) in [4.78, 5) is 10.4. The first-order valence-corrected chi connectivity index (χ1v) is 18.4. The first-order valence-electron chi connectivity index (χ1n) is 17.2. The highest BCUT2D eigenvalue weighted by molar-refractivity contribution is 6.63. The Labute approximate surface area is 313 Å². The number of nitrogens with two attached hydrogens (primary N) is 2. The van der Waals surface area contributed by atoms with Gasteiger partial charge in [-0.1, -0.05) is 83.9 Å². The molecular formula is C40H51Cl3N4O3. The second-order valence-electron chi connectivity index (χ2n) is 12.2.